The van der Waals surface area contributed by atoms with Crippen LogP contribution in [0.4, 0.5) is 14.9 Å². The van der Waals surface area contributed by atoms with Gasteiger partial charge in [-0.25, -0.2) is 14.1 Å². The van der Waals surface area contributed by atoms with E-state index < -0.39 is 24.0 Å². The van der Waals surface area contributed by atoms with E-state index in [0.29, 0.717) is 24.9 Å². The molecular weight excluding hydrogens is 531 g/mol. The number of anilines is 1. The molecule has 208 valence electrons. The molecule has 0 bridgehead atoms. The molecule has 2 N–H and O–H groups in total. The van der Waals surface area contributed by atoms with E-state index in [-0.39, 0.29) is 23.0 Å². The average molecular weight is 559 g/mol. The summed E-state index contributed by atoms with van der Waals surface area (Å²) in [6.07, 6.45) is 0.973. The summed E-state index contributed by atoms with van der Waals surface area (Å²) in [6.45, 7) is 0.405. The van der Waals surface area contributed by atoms with Gasteiger partial charge in [-0.3, -0.25) is 14.5 Å². The van der Waals surface area contributed by atoms with Crippen LogP contribution in [-0.4, -0.2) is 40.3 Å². The van der Waals surface area contributed by atoms with Gasteiger partial charge in [-0.05, 0) is 53.4 Å². The molecule has 4 amide bonds. The molecule has 4 aromatic carbocycles. The SMILES string of the molecule is O=C(NCCc1ccccc1)c1ccccc1N1C(=O)[C@@H]2Cc3c([nH]c4ccccc34)[C@@H](c3ccc(F)cc3)N2C1=O. The Balaban J connectivity index is 1.25. The van der Waals surface area contributed by atoms with Gasteiger partial charge in [-0.1, -0.05) is 72.8 Å². The van der Waals surface area contributed by atoms with Crippen LogP contribution in [0.15, 0.2) is 103 Å². The van der Waals surface area contributed by atoms with Gasteiger partial charge in [0, 0.05) is 29.6 Å². The van der Waals surface area contributed by atoms with E-state index >= 15 is 0 Å². The van der Waals surface area contributed by atoms with Crippen LogP contribution in [0.2, 0.25) is 0 Å². The summed E-state index contributed by atoms with van der Waals surface area (Å²) in [7, 11) is 0. The molecule has 0 unspecified atom stereocenters. The predicted molar refractivity (Wildman–Crippen MR) is 158 cm³/mol. The maximum absolute atomic E-state index is 14.2. The minimum Gasteiger partial charge on any atom is -0.356 e. The number of amides is 4. The molecule has 1 saturated heterocycles. The van der Waals surface area contributed by atoms with E-state index in [4.69, 9.17) is 0 Å². The second-order valence-corrected chi connectivity index (χ2v) is 10.6. The number of carbonyl (C=O) groups excluding carboxylic acids is 3. The highest BCUT2D eigenvalue weighted by Gasteiger charge is 2.53. The zero-order valence-corrected chi connectivity index (χ0v) is 22.6. The van der Waals surface area contributed by atoms with Crippen LogP contribution in [0.3, 0.4) is 0 Å². The second-order valence-electron chi connectivity index (χ2n) is 10.6. The third-order valence-corrected chi connectivity index (χ3v) is 8.17. The van der Waals surface area contributed by atoms with Gasteiger partial charge in [-0.15, -0.1) is 0 Å². The van der Waals surface area contributed by atoms with Crippen molar-refractivity contribution in [2.24, 2.45) is 0 Å². The Morgan fingerprint density at radius 1 is 0.881 bits per heavy atom. The zero-order chi connectivity index (χ0) is 28.8. The monoisotopic (exact) mass is 558 g/mol. The number of hydrogen-bond acceptors (Lipinski definition) is 3. The fraction of sp³-hybridized carbons (Fsp3) is 0.147. The lowest BCUT2D eigenvalue weighted by Gasteiger charge is -2.36. The Morgan fingerprint density at radius 3 is 2.40 bits per heavy atom. The Kier molecular flexibility index (Phi) is 6.31. The van der Waals surface area contributed by atoms with Crippen LogP contribution < -0.4 is 10.2 Å². The lowest BCUT2D eigenvalue weighted by atomic mass is 9.89. The number of H-pyrrole nitrogens is 1. The molecule has 3 heterocycles. The van der Waals surface area contributed by atoms with Gasteiger partial charge in [0.15, 0.2) is 0 Å². The van der Waals surface area contributed by atoms with Crippen molar-refractivity contribution in [2.75, 3.05) is 11.4 Å². The number of nitrogens with zero attached hydrogens (tertiary/aromatic N) is 2. The van der Waals surface area contributed by atoms with E-state index in [9.17, 15) is 18.8 Å². The molecule has 5 aromatic rings. The van der Waals surface area contributed by atoms with Gasteiger partial charge in [0.25, 0.3) is 11.8 Å². The molecule has 2 aliphatic heterocycles. The van der Waals surface area contributed by atoms with Crippen LogP contribution in [0.25, 0.3) is 10.9 Å². The first-order valence-electron chi connectivity index (χ1n) is 13.9. The van der Waals surface area contributed by atoms with Crippen LogP contribution >= 0.6 is 0 Å². The fourth-order valence-corrected chi connectivity index (χ4v) is 6.21. The molecule has 0 saturated carbocycles. The summed E-state index contributed by atoms with van der Waals surface area (Å²) in [5.74, 6) is -1.15. The molecule has 0 radical (unpaired) electrons. The van der Waals surface area contributed by atoms with Crippen LogP contribution in [0.5, 0.6) is 0 Å². The summed E-state index contributed by atoms with van der Waals surface area (Å²) < 4.78 is 13.9. The van der Waals surface area contributed by atoms with Crippen LogP contribution in [0, 0.1) is 5.82 Å². The minimum atomic E-state index is -0.784. The quantitative estimate of drug-likeness (QED) is 0.260. The molecule has 2 aliphatic rings. The van der Waals surface area contributed by atoms with Crippen molar-refractivity contribution in [1.82, 2.24) is 15.2 Å². The van der Waals surface area contributed by atoms with Crippen molar-refractivity contribution in [2.45, 2.75) is 24.9 Å². The molecular formula is C34H27FN4O3. The highest BCUT2D eigenvalue weighted by molar-refractivity contribution is 6.24. The number of imide groups is 1. The Hall–Kier alpha value is -5.24. The standard InChI is InChI=1S/C34H27FN4O3/c35-23-16-14-22(15-17-23)31-30-26(24-10-4-6-12-27(24)37-30)20-29-33(41)39(34(42)38(29)31)28-13-7-5-11-25(28)32(40)36-19-18-21-8-2-1-3-9-21/h1-17,29,31,37H,18-20H2,(H,36,40)/t29-,31+/m0/s1. The van der Waals surface area contributed by atoms with Crippen molar-refractivity contribution in [3.05, 3.63) is 137 Å². The number of aromatic nitrogens is 1. The maximum Gasteiger partial charge on any atom is 0.332 e. The number of carbonyl (C=O) groups is 3. The molecule has 2 atom stereocenters. The summed E-state index contributed by atoms with van der Waals surface area (Å²) in [5, 5.41) is 3.91. The van der Waals surface area contributed by atoms with Crippen molar-refractivity contribution in [1.29, 1.82) is 0 Å². The molecule has 42 heavy (non-hydrogen) atoms. The number of rotatable bonds is 6. The molecule has 7 rings (SSSR count). The van der Waals surface area contributed by atoms with Gasteiger partial charge < -0.3 is 10.3 Å². The number of para-hydroxylation sites is 2. The third-order valence-electron chi connectivity index (χ3n) is 8.17. The molecule has 0 aliphatic carbocycles. The smallest absolute Gasteiger partial charge is 0.332 e. The summed E-state index contributed by atoms with van der Waals surface area (Å²) >= 11 is 0. The summed E-state index contributed by atoms with van der Waals surface area (Å²) in [4.78, 5) is 47.8. The van der Waals surface area contributed by atoms with Gasteiger partial charge in [0.1, 0.15) is 17.9 Å². The van der Waals surface area contributed by atoms with Gasteiger partial charge >= 0.3 is 6.03 Å². The highest BCUT2D eigenvalue weighted by atomic mass is 19.1. The Morgan fingerprint density at radius 2 is 1.60 bits per heavy atom. The minimum absolute atomic E-state index is 0.241. The number of aromatic amines is 1. The number of benzene rings is 4. The molecule has 7 nitrogen and oxygen atoms in total. The molecule has 1 fully saturated rings. The number of hydrogen-bond donors (Lipinski definition) is 2. The largest absolute Gasteiger partial charge is 0.356 e. The Bertz CT molecular complexity index is 1830. The van der Waals surface area contributed by atoms with Gasteiger partial charge in [0.05, 0.1) is 11.3 Å². The number of halogens is 1. The van der Waals surface area contributed by atoms with Crippen molar-refractivity contribution in [3.63, 3.8) is 0 Å². The van der Waals surface area contributed by atoms with E-state index in [1.165, 1.54) is 12.1 Å². The summed E-state index contributed by atoms with van der Waals surface area (Å²) in [6, 6.07) is 28.4. The lowest BCUT2D eigenvalue weighted by Crippen LogP contribution is -2.44. The van der Waals surface area contributed by atoms with Crippen molar-refractivity contribution >= 4 is 34.4 Å². The van der Waals surface area contributed by atoms with Gasteiger partial charge in [0.2, 0.25) is 0 Å². The highest BCUT2D eigenvalue weighted by Crippen LogP contribution is 2.45. The fourth-order valence-electron chi connectivity index (χ4n) is 6.21. The molecule has 8 heteroatoms. The number of urea groups is 1. The topological polar surface area (TPSA) is 85.5 Å². The van der Waals surface area contributed by atoms with Crippen LogP contribution in [0.1, 0.15) is 38.8 Å². The number of fused-ring (bicyclic) bond motifs is 4. The third kappa shape index (κ3) is 4.23. The van der Waals surface area contributed by atoms with E-state index in [1.54, 1.807) is 41.3 Å². The van der Waals surface area contributed by atoms with Crippen molar-refractivity contribution < 1.29 is 18.8 Å². The van der Waals surface area contributed by atoms with E-state index in [2.05, 4.69) is 10.3 Å². The second kappa shape index (κ2) is 10.3. The number of nitrogens with one attached hydrogen (secondary N) is 2. The first kappa shape index (κ1) is 25.7. The lowest BCUT2D eigenvalue weighted by molar-refractivity contribution is -0.120. The first-order valence-corrected chi connectivity index (χ1v) is 13.9. The zero-order valence-electron chi connectivity index (χ0n) is 22.6. The van der Waals surface area contributed by atoms with E-state index in [1.807, 2.05) is 54.6 Å². The average Bonchev–Trinajstić information content (AvgIpc) is 3.51. The molecule has 0 spiro atoms. The molecule has 1 aromatic heterocycles. The van der Waals surface area contributed by atoms with Crippen molar-refractivity contribution in [3.8, 4) is 0 Å². The predicted octanol–water partition coefficient (Wildman–Crippen LogP) is 5.76. The summed E-state index contributed by atoms with van der Waals surface area (Å²) in [5.41, 5.74) is 4.93. The first-order chi connectivity index (χ1) is 20.5. The van der Waals surface area contributed by atoms with Gasteiger partial charge in [-0.2, -0.15) is 0 Å². The van der Waals surface area contributed by atoms with Crippen LogP contribution in [-0.2, 0) is 17.6 Å². The van der Waals surface area contributed by atoms with E-state index in [0.717, 1.165) is 32.6 Å². The maximum atomic E-state index is 14.2. The Labute approximate surface area is 241 Å². The normalized spacial score (nSPS) is 17.8.